The van der Waals surface area contributed by atoms with Crippen molar-refractivity contribution in [3.63, 3.8) is 0 Å². The van der Waals surface area contributed by atoms with Gasteiger partial charge in [0, 0.05) is 16.6 Å². The molecule has 0 spiro atoms. The van der Waals surface area contributed by atoms with Gasteiger partial charge in [0.25, 0.3) is 5.91 Å². The van der Waals surface area contributed by atoms with E-state index in [-0.39, 0.29) is 11.1 Å². The fraction of sp³-hybridized carbons (Fsp3) is 0.182. The topological polar surface area (TPSA) is 85.3 Å². The Morgan fingerprint density at radius 1 is 1.22 bits per heavy atom. The Morgan fingerprint density at radius 2 is 1.96 bits per heavy atom. The van der Waals surface area contributed by atoms with Crippen molar-refractivity contribution in [2.75, 3.05) is 5.32 Å². The fourth-order valence-electron chi connectivity index (χ4n) is 3.19. The van der Waals surface area contributed by atoms with Gasteiger partial charge in [-0.25, -0.2) is 4.79 Å². The lowest BCUT2D eigenvalue weighted by molar-refractivity contribution is 0.102. The Bertz CT molecular complexity index is 1090. The van der Waals surface area contributed by atoms with Gasteiger partial charge in [-0.15, -0.1) is 6.58 Å². The second-order valence-electron chi connectivity index (χ2n) is 6.96. The molecule has 136 valence electrons. The molecule has 27 heavy (non-hydrogen) atoms. The lowest BCUT2D eigenvalue weighted by Crippen LogP contribution is -2.21. The molecule has 0 bridgehead atoms. The summed E-state index contributed by atoms with van der Waals surface area (Å²) in [6.07, 6.45) is 4.28. The van der Waals surface area contributed by atoms with Crippen LogP contribution in [0, 0.1) is 0 Å². The predicted octanol–water partition coefficient (Wildman–Crippen LogP) is 3.72. The number of amides is 1. The Balaban J connectivity index is 1.61. The third-order valence-electron chi connectivity index (χ3n) is 4.96. The van der Waals surface area contributed by atoms with Crippen LogP contribution < -0.4 is 16.7 Å². The summed E-state index contributed by atoms with van der Waals surface area (Å²) >= 11 is 0. The second-order valence-corrected chi connectivity index (χ2v) is 6.96. The van der Waals surface area contributed by atoms with Crippen LogP contribution in [-0.2, 0) is 12.0 Å². The normalized spacial score (nSPS) is 14.7. The van der Waals surface area contributed by atoms with E-state index in [4.69, 9.17) is 10.2 Å². The number of nitrogens with two attached hydrogens (primary N) is 1. The van der Waals surface area contributed by atoms with Crippen LogP contribution in [0.15, 0.2) is 70.4 Å². The molecular weight excluding hydrogens is 340 g/mol. The molecule has 1 fully saturated rings. The highest BCUT2D eigenvalue weighted by atomic mass is 16.4. The molecule has 1 amide bonds. The first-order valence-electron chi connectivity index (χ1n) is 8.88. The highest BCUT2D eigenvalue weighted by molar-refractivity contribution is 6.05. The van der Waals surface area contributed by atoms with Crippen molar-refractivity contribution in [1.29, 1.82) is 0 Å². The number of allylic oxidation sites excluding steroid dienone is 1. The number of rotatable bonds is 5. The number of hydrogen-bond donors (Lipinski definition) is 2. The van der Waals surface area contributed by atoms with Crippen molar-refractivity contribution in [2.24, 2.45) is 5.73 Å². The molecule has 3 N–H and O–H groups in total. The number of carbonyl (C=O) groups excluding carboxylic acids is 1. The van der Waals surface area contributed by atoms with Gasteiger partial charge < -0.3 is 15.5 Å². The van der Waals surface area contributed by atoms with E-state index in [0.29, 0.717) is 23.1 Å². The summed E-state index contributed by atoms with van der Waals surface area (Å²) in [5, 5.41) is 3.45. The molecule has 1 aliphatic rings. The van der Waals surface area contributed by atoms with Crippen molar-refractivity contribution in [3.8, 4) is 0 Å². The van der Waals surface area contributed by atoms with Crippen LogP contribution in [0.25, 0.3) is 11.0 Å². The molecule has 2 aromatic carbocycles. The first kappa shape index (κ1) is 17.2. The van der Waals surface area contributed by atoms with Gasteiger partial charge >= 0.3 is 5.63 Å². The van der Waals surface area contributed by atoms with Crippen molar-refractivity contribution in [3.05, 3.63) is 88.3 Å². The highest BCUT2D eigenvalue weighted by Gasteiger charge is 2.39. The smallest absolute Gasteiger partial charge is 0.349 e. The third kappa shape index (κ3) is 3.29. The number of para-hydroxylation sites is 1. The number of fused-ring (bicyclic) bond motifs is 1. The zero-order valence-corrected chi connectivity index (χ0v) is 14.8. The van der Waals surface area contributed by atoms with Crippen molar-refractivity contribution in [2.45, 2.75) is 24.8 Å². The summed E-state index contributed by atoms with van der Waals surface area (Å²) in [6, 6.07) is 14.5. The van der Waals surface area contributed by atoms with E-state index in [1.165, 1.54) is 0 Å². The molecule has 1 heterocycles. The van der Waals surface area contributed by atoms with Crippen LogP contribution in [0.5, 0.6) is 0 Å². The summed E-state index contributed by atoms with van der Waals surface area (Å²) in [5.74, 6) is -0.499. The molecular formula is C22H20N2O3. The maximum atomic E-state index is 12.6. The average Bonchev–Trinajstić information content (AvgIpc) is 3.41. The minimum atomic E-state index is -0.660. The van der Waals surface area contributed by atoms with E-state index < -0.39 is 11.5 Å². The van der Waals surface area contributed by atoms with E-state index in [1.807, 2.05) is 30.3 Å². The van der Waals surface area contributed by atoms with Crippen LogP contribution in [0.4, 0.5) is 5.69 Å². The van der Waals surface area contributed by atoms with Gasteiger partial charge in [-0.1, -0.05) is 36.4 Å². The minimum Gasteiger partial charge on any atom is -0.422 e. The summed E-state index contributed by atoms with van der Waals surface area (Å²) < 4.78 is 5.43. The lowest BCUT2D eigenvalue weighted by Gasteiger charge is -2.11. The van der Waals surface area contributed by atoms with Crippen LogP contribution in [0.3, 0.4) is 0 Å². The molecule has 1 aromatic heterocycles. The fourth-order valence-corrected chi connectivity index (χ4v) is 3.19. The van der Waals surface area contributed by atoms with Crippen LogP contribution in [-0.4, -0.2) is 5.91 Å². The molecule has 0 atom stereocenters. The first-order chi connectivity index (χ1) is 13.0. The number of anilines is 1. The number of benzene rings is 2. The lowest BCUT2D eigenvalue weighted by atomic mass is 10.1. The maximum absolute atomic E-state index is 12.6. The SMILES string of the molecule is C=CCc1cccc2cc(C(=O)Nc3ccc(C4(N)CC4)cc3)c(=O)oc12. The minimum absolute atomic E-state index is 0.0279. The van der Waals surface area contributed by atoms with Gasteiger partial charge in [0.1, 0.15) is 11.1 Å². The number of carbonyl (C=O) groups is 1. The van der Waals surface area contributed by atoms with Crippen LogP contribution in [0.2, 0.25) is 0 Å². The summed E-state index contributed by atoms with van der Waals surface area (Å²) in [4.78, 5) is 24.9. The van der Waals surface area contributed by atoms with E-state index >= 15 is 0 Å². The summed E-state index contributed by atoms with van der Waals surface area (Å²) in [6.45, 7) is 3.71. The third-order valence-corrected chi connectivity index (χ3v) is 4.96. The van der Waals surface area contributed by atoms with E-state index in [0.717, 1.165) is 24.0 Å². The molecule has 1 aliphatic carbocycles. The van der Waals surface area contributed by atoms with E-state index in [2.05, 4.69) is 11.9 Å². The van der Waals surface area contributed by atoms with Crippen molar-refractivity contribution >= 4 is 22.6 Å². The molecule has 0 unspecified atom stereocenters. The van der Waals surface area contributed by atoms with Gasteiger partial charge in [0.05, 0.1) is 0 Å². The molecule has 4 rings (SSSR count). The number of hydrogen-bond acceptors (Lipinski definition) is 4. The Labute approximate surface area is 156 Å². The maximum Gasteiger partial charge on any atom is 0.349 e. The van der Waals surface area contributed by atoms with Crippen molar-refractivity contribution in [1.82, 2.24) is 0 Å². The molecule has 0 aliphatic heterocycles. The standard InChI is InChI=1S/C22H20N2O3/c1-2-4-14-5-3-6-15-13-18(21(26)27-19(14)15)20(25)24-17-9-7-16(8-10-17)22(23)11-12-22/h2-3,5-10,13H,1,4,11-12,23H2,(H,24,25). The summed E-state index contributed by atoms with van der Waals surface area (Å²) in [7, 11) is 0. The Hall–Kier alpha value is -3.18. The monoisotopic (exact) mass is 360 g/mol. The zero-order chi connectivity index (χ0) is 19.0. The Kier molecular flexibility index (Phi) is 4.16. The predicted molar refractivity (Wildman–Crippen MR) is 106 cm³/mol. The van der Waals surface area contributed by atoms with Gasteiger partial charge in [-0.05, 0) is 48.6 Å². The molecule has 1 saturated carbocycles. The summed E-state index contributed by atoms with van der Waals surface area (Å²) in [5.41, 5.74) is 8.27. The highest BCUT2D eigenvalue weighted by Crippen LogP contribution is 2.42. The Morgan fingerprint density at radius 3 is 2.63 bits per heavy atom. The average molecular weight is 360 g/mol. The van der Waals surface area contributed by atoms with Crippen LogP contribution in [0.1, 0.15) is 34.3 Å². The molecule has 0 radical (unpaired) electrons. The van der Waals surface area contributed by atoms with Gasteiger partial charge in [0.15, 0.2) is 0 Å². The van der Waals surface area contributed by atoms with Gasteiger partial charge in [-0.3, -0.25) is 4.79 Å². The van der Waals surface area contributed by atoms with Gasteiger partial charge in [-0.2, -0.15) is 0 Å². The molecule has 0 saturated heterocycles. The first-order valence-corrected chi connectivity index (χ1v) is 8.88. The van der Waals surface area contributed by atoms with E-state index in [9.17, 15) is 9.59 Å². The molecule has 5 heteroatoms. The second kappa shape index (κ2) is 6.52. The quantitative estimate of drug-likeness (QED) is 0.536. The van der Waals surface area contributed by atoms with Gasteiger partial charge in [0.2, 0.25) is 0 Å². The van der Waals surface area contributed by atoms with Crippen LogP contribution >= 0.6 is 0 Å². The van der Waals surface area contributed by atoms with Crippen molar-refractivity contribution < 1.29 is 9.21 Å². The zero-order valence-electron chi connectivity index (χ0n) is 14.8. The molecule has 3 aromatic rings. The largest absolute Gasteiger partial charge is 0.422 e. The number of nitrogens with one attached hydrogen (secondary N) is 1. The van der Waals surface area contributed by atoms with E-state index in [1.54, 1.807) is 24.3 Å². The molecule has 5 nitrogen and oxygen atoms in total.